The molecule has 2 N–H and O–H groups in total. The van der Waals surface area contributed by atoms with Gasteiger partial charge >= 0.3 is 0 Å². The summed E-state index contributed by atoms with van der Waals surface area (Å²) in [5.74, 6) is 1.01. The monoisotopic (exact) mass is 232 g/mol. The number of anilines is 1. The van der Waals surface area contributed by atoms with E-state index in [-0.39, 0.29) is 6.04 Å². The van der Waals surface area contributed by atoms with Crippen molar-refractivity contribution in [2.45, 2.75) is 12.5 Å². The predicted octanol–water partition coefficient (Wildman–Crippen LogP) is 1.38. The first kappa shape index (κ1) is 11.6. The maximum absolute atomic E-state index is 6.03. The molecule has 0 unspecified atom stereocenters. The molecular formula is C12H16N4O. The Bertz CT molecular complexity index is 466. The molecule has 0 saturated heterocycles. The van der Waals surface area contributed by atoms with Gasteiger partial charge in [-0.15, -0.1) is 0 Å². The largest absolute Gasteiger partial charge is 0.344 e. The number of hydrogen-bond acceptors (Lipinski definition) is 5. The van der Waals surface area contributed by atoms with Gasteiger partial charge in [-0.25, -0.2) is 0 Å². The standard InChI is InChI=1S/C12H16N4O/c1-16(2)12-14-11(17-15-12)10(13)8-9-6-4-3-5-7-9/h3-7,10H,8,13H2,1-2H3/t10-/m1/s1. The zero-order chi connectivity index (χ0) is 12.3. The number of nitrogens with two attached hydrogens (primary N) is 1. The predicted molar refractivity (Wildman–Crippen MR) is 65.7 cm³/mol. The van der Waals surface area contributed by atoms with Crippen LogP contribution in [-0.4, -0.2) is 24.2 Å². The fraction of sp³-hybridized carbons (Fsp3) is 0.333. The van der Waals surface area contributed by atoms with Crippen molar-refractivity contribution >= 4 is 5.95 Å². The second-order valence-corrected chi connectivity index (χ2v) is 4.12. The summed E-state index contributed by atoms with van der Waals surface area (Å²) in [6.45, 7) is 0. The van der Waals surface area contributed by atoms with Crippen LogP contribution in [-0.2, 0) is 6.42 Å². The van der Waals surface area contributed by atoms with Gasteiger partial charge < -0.3 is 15.2 Å². The van der Waals surface area contributed by atoms with E-state index in [2.05, 4.69) is 10.1 Å². The number of hydrogen-bond donors (Lipinski definition) is 1. The Morgan fingerprint density at radius 1 is 1.29 bits per heavy atom. The molecule has 5 heteroatoms. The smallest absolute Gasteiger partial charge is 0.265 e. The summed E-state index contributed by atoms with van der Waals surface area (Å²) in [4.78, 5) is 6.01. The normalized spacial score (nSPS) is 12.4. The molecule has 1 heterocycles. The minimum Gasteiger partial charge on any atom is -0.344 e. The van der Waals surface area contributed by atoms with E-state index in [1.807, 2.05) is 44.4 Å². The van der Waals surface area contributed by atoms with Crippen molar-refractivity contribution in [3.05, 3.63) is 41.8 Å². The summed E-state index contributed by atoms with van der Waals surface area (Å²) in [5, 5.41) is 3.84. The van der Waals surface area contributed by atoms with Gasteiger partial charge in [-0.2, -0.15) is 4.98 Å². The Kier molecular flexibility index (Phi) is 3.39. The Hall–Kier alpha value is -1.88. The topological polar surface area (TPSA) is 68.2 Å². The Balaban J connectivity index is 2.07. The SMILES string of the molecule is CN(C)c1noc([C@H](N)Cc2ccccc2)n1. The number of aromatic nitrogens is 2. The number of nitrogens with zero attached hydrogens (tertiary/aromatic N) is 3. The van der Waals surface area contributed by atoms with Gasteiger partial charge in [0.2, 0.25) is 5.89 Å². The molecule has 2 rings (SSSR count). The van der Waals surface area contributed by atoms with Gasteiger partial charge in [-0.1, -0.05) is 30.3 Å². The van der Waals surface area contributed by atoms with Gasteiger partial charge in [0, 0.05) is 14.1 Å². The molecule has 0 aliphatic heterocycles. The van der Waals surface area contributed by atoms with E-state index in [1.165, 1.54) is 0 Å². The maximum atomic E-state index is 6.03. The molecule has 0 saturated carbocycles. The molecule has 1 aromatic heterocycles. The molecule has 17 heavy (non-hydrogen) atoms. The van der Waals surface area contributed by atoms with Gasteiger partial charge in [-0.05, 0) is 17.1 Å². The molecule has 5 nitrogen and oxygen atoms in total. The first-order chi connectivity index (χ1) is 8.16. The molecule has 90 valence electrons. The summed E-state index contributed by atoms with van der Waals surface area (Å²) in [7, 11) is 3.72. The van der Waals surface area contributed by atoms with Crippen molar-refractivity contribution in [2.24, 2.45) is 5.73 Å². The fourth-order valence-electron chi connectivity index (χ4n) is 1.51. The first-order valence-corrected chi connectivity index (χ1v) is 5.47. The fourth-order valence-corrected chi connectivity index (χ4v) is 1.51. The Labute approximate surface area is 100 Å². The van der Waals surface area contributed by atoms with Crippen molar-refractivity contribution in [1.82, 2.24) is 10.1 Å². The second kappa shape index (κ2) is 4.97. The molecule has 0 fully saturated rings. The summed E-state index contributed by atoms with van der Waals surface area (Å²) in [5.41, 5.74) is 7.18. The van der Waals surface area contributed by atoms with E-state index in [0.29, 0.717) is 18.3 Å². The van der Waals surface area contributed by atoms with Crippen molar-refractivity contribution in [3.63, 3.8) is 0 Å². The van der Waals surface area contributed by atoms with Crippen molar-refractivity contribution < 1.29 is 4.52 Å². The average molecular weight is 232 g/mol. The molecule has 0 bridgehead atoms. The van der Waals surface area contributed by atoms with Crippen molar-refractivity contribution in [2.75, 3.05) is 19.0 Å². The lowest BCUT2D eigenvalue weighted by molar-refractivity contribution is 0.354. The third-order valence-corrected chi connectivity index (χ3v) is 2.45. The lowest BCUT2D eigenvalue weighted by atomic mass is 10.1. The second-order valence-electron chi connectivity index (χ2n) is 4.12. The number of benzene rings is 1. The van der Waals surface area contributed by atoms with E-state index in [1.54, 1.807) is 4.90 Å². The van der Waals surface area contributed by atoms with Gasteiger partial charge in [0.25, 0.3) is 5.95 Å². The van der Waals surface area contributed by atoms with E-state index < -0.39 is 0 Å². The van der Waals surface area contributed by atoms with Crippen LogP contribution in [0, 0.1) is 0 Å². The summed E-state index contributed by atoms with van der Waals surface area (Å²) in [6.07, 6.45) is 0.690. The molecule has 0 radical (unpaired) electrons. The summed E-state index contributed by atoms with van der Waals surface area (Å²) < 4.78 is 5.13. The lowest BCUT2D eigenvalue weighted by Crippen LogP contribution is -2.15. The van der Waals surface area contributed by atoms with Gasteiger partial charge in [0.15, 0.2) is 0 Å². The summed E-state index contributed by atoms with van der Waals surface area (Å²) >= 11 is 0. The Morgan fingerprint density at radius 2 is 2.00 bits per heavy atom. The molecule has 0 amide bonds. The highest BCUT2D eigenvalue weighted by molar-refractivity contribution is 5.24. The third-order valence-electron chi connectivity index (χ3n) is 2.45. The number of rotatable bonds is 4. The molecule has 1 aromatic carbocycles. The van der Waals surface area contributed by atoms with E-state index >= 15 is 0 Å². The molecular weight excluding hydrogens is 216 g/mol. The van der Waals surface area contributed by atoms with E-state index in [4.69, 9.17) is 10.3 Å². The van der Waals surface area contributed by atoms with Crippen LogP contribution in [0.3, 0.4) is 0 Å². The van der Waals surface area contributed by atoms with Crippen LogP contribution < -0.4 is 10.6 Å². The van der Waals surface area contributed by atoms with Crippen LogP contribution >= 0.6 is 0 Å². The maximum Gasteiger partial charge on any atom is 0.265 e. The molecule has 0 spiro atoms. The zero-order valence-electron chi connectivity index (χ0n) is 10.00. The van der Waals surface area contributed by atoms with Crippen molar-refractivity contribution in [3.8, 4) is 0 Å². The average Bonchev–Trinajstić information content (AvgIpc) is 2.79. The third kappa shape index (κ3) is 2.82. The quantitative estimate of drug-likeness (QED) is 0.862. The van der Waals surface area contributed by atoms with E-state index in [9.17, 15) is 0 Å². The van der Waals surface area contributed by atoms with Crippen molar-refractivity contribution in [1.29, 1.82) is 0 Å². The van der Waals surface area contributed by atoms with Gasteiger partial charge in [0.05, 0.1) is 6.04 Å². The Morgan fingerprint density at radius 3 is 2.59 bits per heavy atom. The van der Waals surface area contributed by atoms with E-state index in [0.717, 1.165) is 5.56 Å². The van der Waals surface area contributed by atoms with Crippen LogP contribution in [0.25, 0.3) is 0 Å². The minimum atomic E-state index is -0.265. The van der Waals surface area contributed by atoms with Gasteiger partial charge in [0.1, 0.15) is 0 Å². The summed E-state index contributed by atoms with van der Waals surface area (Å²) in [6, 6.07) is 9.75. The molecule has 0 aliphatic rings. The zero-order valence-corrected chi connectivity index (χ0v) is 10.00. The lowest BCUT2D eigenvalue weighted by Gasteiger charge is -2.06. The van der Waals surface area contributed by atoms with Crippen LogP contribution in [0.5, 0.6) is 0 Å². The van der Waals surface area contributed by atoms with Gasteiger partial charge in [-0.3, -0.25) is 0 Å². The van der Waals surface area contributed by atoms with Crippen LogP contribution in [0.2, 0.25) is 0 Å². The molecule has 1 atom stereocenters. The minimum absolute atomic E-state index is 0.265. The van der Waals surface area contributed by atoms with Crippen LogP contribution in [0.15, 0.2) is 34.9 Å². The highest BCUT2D eigenvalue weighted by Crippen LogP contribution is 2.16. The molecule has 2 aromatic rings. The highest BCUT2D eigenvalue weighted by atomic mass is 16.5. The van der Waals surface area contributed by atoms with Crippen LogP contribution in [0.1, 0.15) is 17.5 Å². The van der Waals surface area contributed by atoms with Crippen LogP contribution in [0.4, 0.5) is 5.95 Å². The first-order valence-electron chi connectivity index (χ1n) is 5.47. The molecule has 0 aliphatic carbocycles. The highest BCUT2D eigenvalue weighted by Gasteiger charge is 2.15.